The van der Waals surface area contributed by atoms with Gasteiger partial charge in [-0.15, -0.1) is 24.0 Å². The van der Waals surface area contributed by atoms with Crippen LogP contribution in [0.5, 0.6) is 5.88 Å². The maximum absolute atomic E-state index is 5.59. The number of guanidine groups is 1. The van der Waals surface area contributed by atoms with E-state index in [0.717, 1.165) is 50.9 Å². The van der Waals surface area contributed by atoms with Crippen LogP contribution in [0.25, 0.3) is 0 Å². The Bertz CT molecular complexity index is 808. The smallest absolute Gasteiger partial charge is 0.213 e. The molecule has 170 valence electrons. The number of nitrogens with one attached hydrogen (secondary N) is 2. The highest BCUT2D eigenvalue weighted by molar-refractivity contribution is 14.0. The number of ether oxygens (including phenoxy) is 2. The van der Waals surface area contributed by atoms with Crippen LogP contribution in [0.2, 0.25) is 0 Å². The Hall–Kier alpha value is -1.91. The molecule has 1 aromatic heterocycles. The molecule has 2 aromatic rings. The van der Waals surface area contributed by atoms with Crippen LogP contribution in [0, 0.1) is 0 Å². The first-order valence-electron chi connectivity index (χ1n) is 10.6. The van der Waals surface area contributed by atoms with Gasteiger partial charge in [0.2, 0.25) is 5.88 Å². The summed E-state index contributed by atoms with van der Waals surface area (Å²) in [7, 11) is 1.78. The Kier molecular flexibility index (Phi) is 11.0. The molecule has 1 fully saturated rings. The van der Waals surface area contributed by atoms with E-state index in [1.807, 2.05) is 32.2 Å². The van der Waals surface area contributed by atoms with Gasteiger partial charge < -0.3 is 20.1 Å². The van der Waals surface area contributed by atoms with Gasteiger partial charge in [-0.1, -0.05) is 30.3 Å². The fraction of sp³-hybridized carbons (Fsp3) is 0.478. The van der Waals surface area contributed by atoms with Gasteiger partial charge in [-0.2, -0.15) is 0 Å². The second-order valence-electron chi connectivity index (χ2n) is 7.61. The Morgan fingerprint density at radius 2 is 1.81 bits per heavy atom. The molecule has 0 atom stereocenters. The minimum atomic E-state index is 0. The predicted octanol–water partition coefficient (Wildman–Crippen LogP) is 3.18. The quantitative estimate of drug-likeness (QED) is 0.305. The van der Waals surface area contributed by atoms with E-state index < -0.39 is 0 Å². The van der Waals surface area contributed by atoms with Gasteiger partial charge in [0.05, 0.1) is 19.3 Å². The molecule has 0 saturated carbocycles. The zero-order chi connectivity index (χ0) is 21.2. The lowest BCUT2D eigenvalue weighted by Gasteiger charge is -2.27. The van der Waals surface area contributed by atoms with Crippen molar-refractivity contribution >= 4 is 29.9 Å². The van der Waals surface area contributed by atoms with Crippen molar-refractivity contribution in [2.24, 2.45) is 4.99 Å². The van der Waals surface area contributed by atoms with E-state index in [9.17, 15) is 0 Å². The van der Waals surface area contributed by atoms with Crippen molar-refractivity contribution in [2.75, 3.05) is 33.4 Å². The molecule has 1 saturated heterocycles. The molecule has 8 heteroatoms. The van der Waals surface area contributed by atoms with Crippen molar-refractivity contribution < 1.29 is 9.47 Å². The van der Waals surface area contributed by atoms with Crippen LogP contribution in [0.15, 0.2) is 47.6 Å². The summed E-state index contributed by atoms with van der Waals surface area (Å²) in [5, 5.41) is 6.77. The van der Waals surface area contributed by atoms with Gasteiger partial charge in [-0.05, 0) is 30.5 Å². The summed E-state index contributed by atoms with van der Waals surface area (Å²) in [6.07, 6.45) is 1.95. The maximum atomic E-state index is 5.59. The molecule has 3 rings (SSSR count). The largest absolute Gasteiger partial charge is 0.475 e. The SMILES string of the molecule is CN=C(NCc1ccc(OC(C)C)nc1)NCc1ccccc1CN1CCOCC1.I. The van der Waals surface area contributed by atoms with Gasteiger partial charge in [-0.25, -0.2) is 4.98 Å². The third-order valence-electron chi connectivity index (χ3n) is 4.90. The summed E-state index contributed by atoms with van der Waals surface area (Å²) in [6.45, 7) is 9.90. The number of halogens is 1. The molecule has 0 radical (unpaired) electrons. The number of aromatic nitrogens is 1. The van der Waals surface area contributed by atoms with E-state index in [4.69, 9.17) is 9.47 Å². The molecule has 0 spiro atoms. The van der Waals surface area contributed by atoms with Gasteiger partial charge >= 0.3 is 0 Å². The molecule has 0 unspecified atom stereocenters. The normalized spacial score (nSPS) is 14.8. The van der Waals surface area contributed by atoms with E-state index in [0.29, 0.717) is 12.4 Å². The summed E-state index contributed by atoms with van der Waals surface area (Å²) in [6, 6.07) is 12.5. The third kappa shape index (κ3) is 8.62. The molecular weight excluding hydrogens is 505 g/mol. The molecule has 1 aliphatic heterocycles. The Balaban J connectivity index is 0.00000341. The monoisotopic (exact) mass is 539 g/mol. The summed E-state index contributed by atoms with van der Waals surface area (Å²) in [5.41, 5.74) is 3.69. The molecule has 0 bridgehead atoms. The van der Waals surface area contributed by atoms with Crippen molar-refractivity contribution in [3.05, 3.63) is 59.3 Å². The Morgan fingerprint density at radius 1 is 1.10 bits per heavy atom. The summed E-state index contributed by atoms with van der Waals surface area (Å²) >= 11 is 0. The van der Waals surface area contributed by atoms with Crippen LogP contribution in [0.1, 0.15) is 30.5 Å². The zero-order valence-electron chi connectivity index (χ0n) is 18.6. The van der Waals surface area contributed by atoms with Crippen molar-refractivity contribution in [1.29, 1.82) is 0 Å². The molecular formula is C23H34IN5O2. The fourth-order valence-corrected chi connectivity index (χ4v) is 3.30. The molecule has 1 aliphatic rings. The van der Waals surface area contributed by atoms with Crippen molar-refractivity contribution in [3.8, 4) is 5.88 Å². The maximum Gasteiger partial charge on any atom is 0.213 e. The molecule has 1 aromatic carbocycles. The average Bonchev–Trinajstić information content (AvgIpc) is 2.76. The highest BCUT2D eigenvalue weighted by Gasteiger charge is 2.12. The van der Waals surface area contributed by atoms with E-state index in [1.165, 1.54) is 11.1 Å². The number of morpholine rings is 1. The predicted molar refractivity (Wildman–Crippen MR) is 135 cm³/mol. The molecule has 0 amide bonds. The van der Waals surface area contributed by atoms with E-state index >= 15 is 0 Å². The lowest BCUT2D eigenvalue weighted by molar-refractivity contribution is 0.0341. The third-order valence-corrected chi connectivity index (χ3v) is 4.90. The molecule has 2 heterocycles. The second kappa shape index (κ2) is 13.5. The standard InChI is InChI=1S/C23H33N5O2.HI/c1-18(2)30-22-9-8-19(14-25-22)15-26-23(24-3)27-16-20-6-4-5-7-21(20)17-28-10-12-29-13-11-28;/h4-9,14,18H,10-13,15-17H2,1-3H3,(H2,24,26,27);1H. The van der Waals surface area contributed by atoms with Gasteiger partial charge in [0, 0.05) is 52.0 Å². The minimum absolute atomic E-state index is 0. The Labute approximate surface area is 202 Å². The number of hydrogen-bond acceptors (Lipinski definition) is 5. The molecule has 31 heavy (non-hydrogen) atoms. The Morgan fingerprint density at radius 3 is 2.45 bits per heavy atom. The van der Waals surface area contributed by atoms with E-state index in [-0.39, 0.29) is 30.1 Å². The lowest BCUT2D eigenvalue weighted by Crippen LogP contribution is -2.37. The number of benzene rings is 1. The minimum Gasteiger partial charge on any atom is -0.475 e. The first kappa shape index (κ1) is 25.4. The molecule has 2 N–H and O–H groups in total. The summed E-state index contributed by atoms with van der Waals surface area (Å²) in [4.78, 5) is 11.1. The van der Waals surface area contributed by atoms with Crippen LogP contribution < -0.4 is 15.4 Å². The first-order valence-corrected chi connectivity index (χ1v) is 10.6. The highest BCUT2D eigenvalue weighted by Crippen LogP contribution is 2.13. The molecule has 0 aliphatic carbocycles. The number of hydrogen-bond donors (Lipinski definition) is 2. The highest BCUT2D eigenvalue weighted by atomic mass is 127. The van der Waals surface area contributed by atoms with Gasteiger partial charge in [0.25, 0.3) is 0 Å². The van der Waals surface area contributed by atoms with Crippen LogP contribution in [-0.4, -0.2) is 55.3 Å². The van der Waals surface area contributed by atoms with Gasteiger partial charge in [0.15, 0.2) is 5.96 Å². The van der Waals surface area contributed by atoms with Gasteiger partial charge in [0.1, 0.15) is 0 Å². The summed E-state index contributed by atoms with van der Waals surface area (Å²) in [5.74, 6) is 1.41. The van der Waals surface area contributed by atoms with Crippen LogP contribution in [0.4, 0.5) is 0 Å². The van der Waals surface area contributed by atoms with Crippen molar-refractivity contribution in [1.82, 2.24) is 20.5 Å². The second-order valence-corrected chi connectivity index (χ2v) is 7.61. The number of pyridine rings is 1. The number of rotatable bonds is 8. The van der Waals surface area contributed by atoms with Gasteiger partial charge in [-0.3, -0.25) is 9.89 Å². The topological polar surface area (TPSA) is 71.0 Å². The lowest BCUT2D eigenvalue weighted by atomic mass is 10.1. The van der Waals surface area contributed by atoms with E-state index in [2.05, 4.69) is 49.8 Å². The van der Waals surface area contributed by atoms with Crippen LogP contribution in [-0.2, 0) is 24.4 Å². The van der Waals surface area contributed by atoms with Crippen molar-refractivity contribution in [2.45, 2.75) is 39.6 Å². The average molecular weight is 539 g/mol. The van der Waals surface area contributed by atoms with Crippen molar-refractivity contribution in [3.63, 3.8) is 0 Å². The number of aliphatic imine (C=N–C) groups is 1. The molecule has 7 nitrogen and oxygen atoms in total. The van der Waals surface area contributed by atoms with E-state index in [1.54, 1.807) is 7.05 Å². The summed E-state index contributed by atoms with van der Waals surface area (Å²) < 4.78 is 11.0. The number of nitrogens with zero attached hydrogens (tertiary/aromatic N) is 3. The van der Waals surface area contributed by atoms with Crippen LogP contribution in [0.3, 0.4) is 0 Å². The zero-order valence-corrected chi connectivity index (χ0v) is 21.0. The van der Waals surface area contributed by atoms with Crippen LogP contribution >= 0.6 is 24.0 Å². The first-order chi connectivity index (χ1) is 14.6. The fourth-order valence-electron chi connectivity index (χ4n) is 3.30.